The van der Waals surface area contributed by atoms with Crippen LogP contribution in [-0.2, 0) is 8.85 Å². The molecular weight excluding hydrogens is 192 g/mol. The van der Waals surface area contributed by atoms with Gasteiger partial charge in [0.1, 0.15) is 0 Å². The maximum absolute atomic E-state index is 5.56. The van der Waals surface area contributed by atoms with Crippen LogP contribution in [0.25, 0.3) is 0 Å². The molecule has 0 amide bonds. The molecule has 2 nitrogen and oxygen atoms in total. The van der Waals surface area contributed by atoms with Gasteiger partial charge in [0.25, 0.3) is 0 Å². The fourth-order valence-electron chi connectivity index (χ4n) is 2.68. The van der Waals surface area contributed by atoms with Crippen molar-refractivity contribution in [1.82, 2.24) is 0 Å². The van der Waals surface area contributed by atoms with E-state index in [0.717, 1.165) is 6.42 Å². The molecule has 0 saturated heterocycles. The van der Waals surface area contributed by atoms with Crippen molar-refractivity contribution in [3.05, 3.63) is 12.7 Å². The summed E-state index contributed by atoms with van der Waals surface area (Å²) in [4.78, 5) is 0. The minimum absolute atomic E-state index is 0.323. The molecule has 0 bridgehead atoms. The van der Waals surface area contributed by atoms with Crippen LogP contribution in [0, 0.1) is 0 Å². The molecule has 1 aliphatic rings. The van der Waals surface area contributed by atoms with Gasteiger partial charge in [0.05, 0.1) is 0 Å². The molecule has 0 heterocycles. The number of hydrogen-bond donors (Lipinski definition) is 0. The Morgan fingerprint density at radius 2 is 1.79 bits per heavy atom. The Morgan fingerprint density at radius 1 is 1.21 bits per heavy atom. The van der Waals surface area contributed by atoms with Gasteiger partial charge in [0.15, 0.2) is 0 Å². The maximum atomic E-state index is 5.56. The van der Waals surface area contributed by atoms with Crippen LogP contribution >= 0.6 is 0 Å². The van der Waals surface area contributed by atoms with Gasteiger partial charge < -0.3 is 8.85 Å². The monoisotopic (exact) mass is 214 g/mol. The topological polar surface area (TPSA) is 18.5 Å². The van der Waals surface area contributed by atoms with Crippen LogP contribution in [-0.4, -0.2) is 23.5 Å². The summed E-state index contributed by atoms with van der Waals surface area (Å²) >= 11 is 0. The van der Waals surface area contributed by atoms with E-state index in [1.54, 1.807) is 14.2 Å². The fraction of sp³-hybridized carbons (Fsp3) is 0.818. The normalized spacial score (nSPS) is 21.1. The highest BCUT2D eigenvalue weighted by molar-refractivity contribution is 6.48. The average Bonchev–Trinajstić information content (AvgIpc) is 2.21. The van der Waals surface area contributed by atoms with Gasteiger partial charge in [0.2, 0.25) is 0 Å². The summed E-state index contributed by atoms with van der Waals surface area (Å²) in [5.74, 6) is 0. The molecule has 0 spiro atoms. The second kappa shape index (κ2) is 5.68. The molecule has 0 radical (unpaired) electrons. The zero-order valence-corrected chi connectivity index (χ0v) is 10.6. The zero-order chi connectivity index (χ0) is 10.4. The summed E-state index contributed by atoms with van der Waals surface area (Å²) in [6, 6.07) is 0. The Kier molecular flexibility index (Phi) is 4.85. The first-order chi connectivity index (χ1) is 6.79. The molecule has 0 atom stereocenters. The van der Waals surface area contributed by atoms with Gasteiger partial charge >= 0.3 is 9.28 Å². The Morgan fingerprint density at radius 3 is 2.21 bits per heavy atom. The van der Waals surface area contributed by atoms with Crippen LogP contribution in [0.2, 0.25) is 5.04 Å². The highest BCUT2D eigenvalue weighted by Crippen LogP contribution is 2.48. The summed E-state index contributed by atoms with van der Waals surface area (Å²) in [5.41, 5.74) is 0. The first-order valence-corrected chi connectivity index (χ1v) is 6.97. The van der Waals surface area contributed by atoms with Crippen molar-refractivity contribution in [3.63, 3.8) is 0 Å². The van der Waals surface area contributed by atoms with Gasteiger partial charge in [-0.1, -0.05) is 25.3 Å². The van der Waals surface area contributed by atoms with Crippen molar-refractivity contribution < 1.29 is 8.85 Å². The molecule has 0 N–H and O–H groups in total. The highest BCUT2D eigenvalue weighted by Gasteiger charge is 2.41. The molecule has 0 aromatic heterocycles. The molecule has 0 aliphatic heterocycles. The van der Waals surface area contributed by atoms with Crippen molar-refractivity contribution >= 4 is 9.28 Å². The van der Waals surface area contributed by atoms with Crippen molar-refractivity contribution in [2.45, 2.75) is 43.6 Å². The third-order valence-electron chi connectivity index (χ3n) is 3.33. The van der Waals surface area contributed by atoms with Gasteiger partial charge in [-0.25, -0.2) is 0 Å². The van der Waals surface area contributed by atoms with Crippen molar-refractivity contribution in [2.24, 2.45) is 0 Å². The molecule has 0 aromatic carbocycles. The molecule has 14 heavy (non-hydrogen) atoms. The van der Waals surface area contributed by atoms with Gasteiger partial charge in [-0.05, 0) is 19.3 Å². The van der Waals surface area contributed by atoms with Gasteiger partial charge in [-0.15, -0.1) is 6.58 Å². The predicted octanol–water partition coefficient (Wildman–Crippen LogP) is 2.78. The van der Waals surface area contributed by atoms with Crippen LogP contribution < -0.4 is 0 Å². The Balaban J connectivity index is 2.71. The van der Waals surface area contributed by atoms with Gasteiger partial charge in [-0.3, -0.25) is 0 Å². The summed E-state index contributed by atoms with van der Waals surface area (Å²) in [5, 5.41) is 0.323. The van der Waals surface area contributed by atoms with E-state index >= 15 is 0 Å². The number of hydrogen-bond acceptors (Lipinski definition) is 2. The zero-order valence-electron chi connectivity index (χ0n) is 9.42. The number of rotatable bonds is 5. The Labute approximate surface area is 89.1 Å². The lowest BCUT2D eigenvalue weighted by molar-refractivity contribution is 0.211. The van der Waals surface area contributed by atoms with Crippen LogP contribution in [0.15, 0.2) is 12.7 Å². The molecule has 1 fully saturated rings. The summed E-state index contributed by atoms with van der Waals surface area (Å²) < 4.78 is 11.1. The summed E-state index contributed by atoms with van der Waals surface area (Å²) in [7, 11) is 2.08. The smallest absolute Gasteiger partial charge is 0.327 e. The molecule has 1 aliphatic carbocycles. The van der Waals surface area contributed by atoms with E-state index in [2.05, 4.69) is 6.58 Å². The van der Waals surface area contributed by atoms with Crippen molar-refractivity contribution in [2.75, 3.05) is 14.2 Å². The van der Waals surface area contributed by atoms with Crippen LogP contribution in [0.4, 0.5) is 0 Å². The van der Waals surface area contributed by atoms with E-state index in [0.29, 0.717) is 5.04 Å². The van der Waals surface area contributed by atoms with Crippen LogP contribution in [0.1, 0.15) is 38.5 Å². The Bertz CT molecular complexity index is 172. The first kappa shape index (κ1) is 11.9. The van der Waals surface area contributed by atoms with Crippen LogP contribution in [0.5, 0.6) is 0 Å². The highest BCUT2D eigenvalue weighted by atomic mass is 28.3. The van der Waals surface area contributed by atoms with Crippen molar-refractivity contribution in [3.8, 4) is 0 Å². The molecule has 1 rings (SSSR count). The first-order valence-electron chi connectivity index (χ1n) is 5.45. The van der Waals surface area contributed by atoms with Crippen molar-refractivity contribution in [1.29, 1.82) is 0 Å². The van der Waals surface area contributed by atoms with E-state index in [1.165, 1.54) is 32.1 Å². The van der Waals surface area contributed by atoms with Crippen LogP contribution in [0.3, 0.4) is 0 Å². The fourth-order valence-corrected chi connectivity index (χ4v) is 5.11. The predicted molar refractivity (Wildman–Crippen MR) is 61.8 cm³/mol. The SMILES string of the molecule is C=CCC1([SiH](OC)OC)CCCCC1. The second-order valence-corrected chi connectivity index (χ2v) is 7.05. The molecule has 0 aromatic rings. The summed E-state index contributed by atoms with van der Waals surface area (Å²) in [6.07, 6.45) is 9.63. The van der Waals surface area contributed by atoms with E-state index in [1.807, 2.05) is 6.08 Å². The minimum atomic E-state index is -1.50. The third kappa shape index (κ3) is 2.46. The summed E-state index contributed by atoms with van der Waals surface area (Å²) in [6.45, 7) is 3.86. The third-order valence-corrected chi connectivity index (χ3v) is 6.00. The molecule has 1 saturated carbocycles. The maximum Gasteiger partial charge on any atom is 0.327 e. The van der Waals surface area contributed by atoms with E-state index in [9.17, 15) is 0 Å². The van der Waals surface area contributed by atoms with Gasteiger partial charge in [-0.2, -0.15) is 0 Å². The van der Waals surface area contributed by atoms with E-state index < -0.39 is 9.28 Å². The van der Waals surface area contributed by atoms with Gasteiger partial charge in [0, 0.05) is 19.3 Å². The standard InChI is InChI=1S/C11H22O2Si/c1-4-8-11(14(12-2)13-3)9-6-5-7-10-11/h4,14H,1,5-10H2,2-3H3. The largest absolute Gasteiger partial charge is 0.400 e. The lowest BCUT2D eigenvalue weighted by atomic mass is 9.86. The van der Waals surface area contributed by atoms with E-state index in [-0.39, 0.29) is 0 Å². The molecule has 82 valence electrons. The molecule has 3 heteroatoms. The lowest BCUT2D eigenvalue weighted by Gasteiger charge is -2.39. The average molecular weight is 214 g/mol. The van der Waals surface area contributed by atoms with E-state index in [4.69, 9.17) is 8.85 Å². The lowest BCUT2D eigenvalue weighted by Crippen LogP contribution is -2.38. The quantitative estimate of drug-likeness (QED) is 0.517. The molecule has 0 unspecified atom stereocenters. The minimum Gasteiger partial charge on any atom is -0.400 e. The Hall–Kier alpha value is -0.123. The number of allylic oxidation sites excluding steroid dienone is 1. The second-order valence-electron chi connectivity index (χ2n) is 4.22. The molecular formula is C11H22O2Si.